The summed E-state index contributed by atoms with van der Waals surface area (Å²) in [6, 6.07) is 13.6. The summed E-state index contributed by atoms with van der Waals surface area (Å²) in [5.41, 5.74) is -0.124. The molecule has 0 amide bonds. The van der Waals surface area contributed by atoms with Gasteiger partial charge >= 0.3 is 11.6 Å². The Morgan fingerprint density at radius 2 is 1.81 bits per heavy atom. The van der Waals surface area contributed by atoms with Gasteiger partial charge in [-0.2, -0.15) is 0 Å². The van der Waals surface area contributed by atoms with Crippen molar-refractivity contribution in [1.29, 1.82) is 0 Å². The van der Waals surface area contributed by atoms with Crippen molar-refractivity contribution in [3.63, 3.8) is 0 Å². The Morgan fingerprint density at radius 3 is 2.52 bits per heavy atom. The molecule has 0 spiro atoms. The molecule has 2 aromatic carbocycles. The second kappa shape index (κ2) is 10.5. The van der Waals surface area contributed by atoms with Gasteiger partial charge in [-0.15, -0.1) is 0 Å². The van der Waals surface area contributed by atoms with Crippen LogP contribution in [-0.2, 0) is 0 Å². The Balaban J connectivity index is 2.08. The Hall–Kier alpha value is -3.54. The van der Waals surface area contributed by atoms with Crippen LogP contribution in [0.25, 0.3) is 11.0 Å². The molecule has 0 atom stereocenters. The standard InChI is InChI=1S/C25H26O6/c1-4-5-6-10-16-28-19-14-11-15-20-21(19)22(23(25(27)30-20)29-17(2)3)31-24(26)18-12-8-7-9-13-18/h5-9,11-15,17H,4,10,16H2,1-3H3/b6-5+. The maximum absolute atomic E-state index is 12.8. The van der Waals surface area contributed by atoms with Crippen LogP contribution in [0.5, 0.6) is 17.2 Å². The summed E-state index contributed by atoms with van der Waals surface area (Å²) < 4.78 is 22.8. The van der Waals surface area contributed by atoms with E-state index in [2.05, 4.69) is 13.0 Å². The van der Waals surface area contributed by atoms with E-state index in [-0.39, 0.29) is 23.2 Å². The van der Waals surface area contributed by atoms with E-state index in [0.717, 1.165) is 12.8 Å². The van der Waals surface area contributed by atoms with Crippen molar-refractivity contribution in [2.45, 2.75) is 39.7 Å². The molecule has 0 saturated carbocycles. The quantitative estimate of drug-likeness (QED) is 0.195. The minimum absolute atomic E-state index is 0.00602. The zero-order valence-corrected chi connectivity index (χ0v) is 17.9. The van der Waals surface area contributed by atoms with Gasteiger partial charge in [0.1, 0.15) is 16.7 Å². The Kier molecular flexibility index (Phi) is 7.49. The van der Waals surface area contributed by atoms with E-state index in [9.17, 15) is 9.59 Å². The first kappa shape index (κ1) is 22.2. The first-order valence-corrected chi connectivity index (χ1v) is 10.3. The van der Waals surface area contributed by atoms with Gasteiger partial charge in [0.05, 0.1) is 18.3 Å². The smallest absolute Gasteiger partial charge is 0.383 e. The van der Waals surface area contributed by atoms with Crippen molar-refractivity contribution >= 4 is 16.9 Å². The fourth-order valence-electron chi connectivity index (χ4n) is 2.97. The number of hydrogen-bond donors (Lipinski definition) is 0. The Labute approximate surface area is 181 Å². The van der Waals surface area contributed by atoms with Crippen molar-refractivity contribution in [2.24, 2.45) is 0 Å². The number of carbonyl (C=O) groups excluding carboxylic acids is 1. The molecule has 31 heavy (non-hydrogen) atoms. The van der Waals surface area contributed by atoms with E-state index in [0.29, 0.717) is 23.3 Å². The van der Waals surface area contributed by atoms with Crippen molar-refractivity contribution in [3.05, 3.63) is 76.7 Å². The number of carbonyl (C=O) groups is 1. The van der Waals surface area contributed by atoms with Gasteiger partial charge in [-0.1, -0.05) is 43.3 Å². The van der Waals surface area contributed by atoms with Gasteiger partial charge in [-0.3, -0.25) is 0 Å². The summed E-state index contributed by atoms with van der Waals surface area (Å²) in [5, 5.41) is 0.376. The van der Waals surface area contributed by atoms with Crippen LogP contribution in [0.2, 0.25) is 0 Å². The van der Waals surface area contributed by atoms with Crippen molar-refractivity contribution in [3.8, 4) is 17.2 Å². The number of allylic oxidation sites excluding steroid dienone is 1. The van der Waals surface area contributed by atoms with E-state index in [1.165, 1.54) is 0 Å². The van der Waals surface area contributed by atoms with Gasteiger partial charge in [0.15, 0.2) is 5.75 Å². The van der Waals surface area contributed by atoms with Crippen molar-refractivity contribution < 1.29 is 23.4 Å². The number of esters is 1. The summed E-state index contributed by atoms with van der Waals surface area (Å²) >= 11 is 0. The lowest BCUT2D eigenvalue weighted by atomic mass is 10.2. The van der Waals surface area contributed by atoms with Gasteiger partial charge in [0.25, 0.3) is 0 Å². The zero-order chi connectivity index (χ0) is 22.2. The molecule has 162 valence electrons. The number of rotatable bonds is 9. The molecule has 0 aliphatic rings. The fourth-order valence-corrected chi connectivity index (χ4v) is 2.97. The summed E-state index contributed by atoms with van der Waals surface area (Å²) in [5.74, 6) is -0.334. The van der Waals surface area contributed by atoms with Gasteiger partial charge in [0.2, 0.25) is 5.75 Å². The predicted octanol–water partition coefficient (Wildman–Crippen LogP) is 5.53. The molecular weight excluding hydrogens is 396 g/mol. The lowest BCUT2D eigenvalue weighted by Crippen LogP contribution is -2.17. The van der Waals surface area contributed by atoms with Crippen molar-refractivity contribution in [1.82, 2.24) is 0 Å². The molecule has 0 N–H and O–H groups in total. The Morgan fingerprint density at radius 1 is 1.03 bits per heavy atom. The maximum Gasteiger partial charge on any atom is 0.383 e. The van der Waals surface area contributed by atoms with Crippen LogP contribution in [-0.4, -0.2) is 18.7 Å². The molecular formula is C25H26O6. The molecule has 0 bridgehead atoms. The normalized spacial score (nSPS) is 11.2. The summed E-state index contributed by atoms with van der Waals surface area (Å²) in [4.78, 5) is 25.4. The van der Waals surface area contributed by atoms with Crippen LogP contribution in [0.4, 0.5) is 0 Å². The largest absolute Gasteiger partial charge is 0.492 e. The van der Waals surface area contributed by atoms with E-state index < -0.39 is 11.6 Å². The highest BCUT2D eigenvalue weighted by Crippen LogP contribution is 2.39. The third-order valence-electron chi connectivity index (χ3n) is 4.31. The fraction of sp³-hybridized carbons (Fsp3) is 0.280. The molecule has 0 aliphatic carbocycles. The van der Waals surface area contributed by atoms with Crippen LogP contribution >= 0.6 is 0 Å². The zero-order valence-electron chi connectivity index (χ0n) is 17.9. The molecule has 1 aromatic heterocycles. The molecule has 1 heterocycles. The molecule has 3 rings (SSSR count). The van der Waals surface area contributed by atoms with Crippen LogP contribution < -0.4 is 19.8 Å². The lowest BCUT2D eigenvalue weighted by molar-refractivity contribution is 0.0726. The highest BCUT2D eigenvalue weighted by molar-refractivity contribution is 5.97. The maximum atomic E-state index is 12.8. The number of ether oxygens (including phenoxy) is 3. The summed E-state index contributed by atoms with van der Waals surface area (Å²) in [6.45, 7) is 6.03. The van der Waals surface area contributed by atoms with Gasteiger partial charge < -0.3 is 18.6 Å². The third-order valence-corrected chi connectivity index (χ3v) is 4.31. The third kappa shape index (κ3) is 5.54. The predicted molar refractivity (Wildman–Crippen MR) is 119 cm³/mol. The van der Waals surface area contributed by atoms with Gasteiger partial charge in [-0.05, 0) is 51.0 Å². The highest BCUT2D eigenvalue weighted by atomic mass is 16.6. The van der Waals surface area contributed by atoms with Crippen molar-refractivity contribution in [2.75, 3.05) is 6.61 Å². The average molecular weight is 422 g/mol. The summed E-state index contributed by atoms with van der Waals surface area (Å²) in [7, 11) is 0. The topological polar surface area (TPSA) is 75.0 Å². The van der Waals surface area contributed by atoms with Crippen LogP contribution in [0.1, 0.15) is 44.0 Å². The van der Waals surface area contributed by atoms with E-state index in [1.54, 1.807) is 62.4 Å². The van der Waals surface area contributed by atoms with Gasteiger partial charge in [0, 0.05) is 0 Å². The Bertz CT molecular complexity index is 1110. The second-order valence-corrected chi connectivity index (χ2v) is 7.12. The molecule has 6 nitrogen and oxygen atoms in total. The second-order valence-electron chi connectivity index (χ2n) is 7.12. The average Bonchev–Trinajstić information content (AvgIpc) is 2.76. The molecule has 0 aliphatic heterocycles. The molecule has 6 heteroatoms. The van der Waals surface area contributed by atoms with E-state index in [4.69, 9.17) is 18.6 Å². The molecule has 0 radical (unpaired) electrons. The van der Waals surface area contributed by atoms with Crippen LogP contribution in [0.15, 0.2) is 69.9 Å². The number of fused-ring (bicyclic) bond motifs is 1. The molecule has 0 unspecified atom stereocenters. The van der Waals surface area contributed by atoms with E-state index in [1.807, 2.05) is 6.08 Å². The first-order valence-electron chi connectivity index (χ1n) is 10.3. The number of benzene rings is 2. The molecule has 0 fully saturated rings. The molecule has 0 saturated heterocycles. The highest BCUT2D eigenvalue weighted by Gasteiger charge is 2.24. The monoisotopic (exact) mass is 422 g/mol. The van der Waals surface area contributed by atoms with Crippen LogP contribution in [0.3, 0.4) is 0 Å². The minimum atomic E-state index is -0.722. The minimum Gasteiger partial charge on any atom is -0.492 e. The molecule has 3 aromatic rings. The van der Waals surface area contributed by atoms with E-state index >= 15 is 0 Å². The number of hydrogen-bond acceptors (Lipinski definition) is 6. The SMILES string of the molecule is CC/C=C/CCOc1cccc2oc(=O)c(OC(C)C)c(OC(=O)c3ccccc3)c12. The first-order chi connectivity index (χ1) is 15.0. The van der Waals surface area contributed by atoms with Gasteiger partial charge in [-0.25, -0.2) is 9.59 Å². The summed E-state index contributed by atoms with van der Waals surface area (Å²) in [6.07, 6.45) is 5.44. The lowest BCUT2D eigenvalue weighted by Gasteiger charge is -2.16. The van der Waals surface area contributed by atoms with Crippen LogP contribution in [0, 0.1) is 0 Å².